The summed E-state index contributed by atoms with van der Waals surface area (Å²) in [5.41, 5.74) is 3.33. The Balaban J connectivity index is 2.20. The fraction of sp³-hybridized carbons (Fsp3) is 0.611. The summed E-state index contributed by atoms with van der Waals surface area (Å²) in [4.78, 5) is 14.0. The molecule has 116 valence electrons. The van der Waals surface area contributed by atoms with Gasteiger partial charge in [0.1, 0.15) is 0 Å². The summed E-state index contributed by atoms with van der Waals surface area (Å²) in [6.45, 7) is 10.1. The Morgan fingerprint density at radius 1 is 1.38 bits per heavy atom. The van der Waals surface area contributed by atoms with Gasteiger partial charge in [-0.2, -0.15) is 0 Å². The lowest BCUT2D eigenvalue weighted by Crippen LogP contribution is -2.48. The SMILES string of the molecule is CCC1(C(=O)O)CCCN(C(C)c2ccc(C)c(C)c2)C1. The van der Waals surface area contributed by atoms with Crippen molar-refractivity contribution in [2.45, 2.75) is 53.0 Å². The lowest BCUT2D eigenvalue weighted by atomic mass is 9.77. The van der Waals surface area contributed by atoms with Gasteiger partial charge in [0.25, 0.3) is 0 Å². The number of benzene rings is 1. The first-order valence-electron chi connectivity index (χ1n) is 7.94. The first-order chi connectivity index (χ1) is 9.89. The van der Waals surface area contributed by atoms with Crippen LogP contribution in [0.2, 0.25) is 0 Å². The van der Waals surface area contributed by atoms with Gasteiger partial charge in [0, 0.05) is 12.6 Å². The number of carboxylic acids is 1. The maximum absolute atomic E-state index is 11.7. The summed E-state index contributed by atoms with van der Waals surface area (Å²) in [5.74, 6) is -0.637. The number of aliphatic carboxylic acids is 1. The first kappa shape index (κ1) is 16.0. The average Bonchev–Trinajstić information content (AvgIpc) is 2.49. The zero-order chi connectivity index (χ0) is 15.6. The van der Waals surface area contributed by atoms with Crippen LogP contribution in [0.3, 0.4) is 0 Å². The van der Waals surface area contributed by atoms with Crippen LogP contribution in [-0.2, 0) is 4.79 Å². The van der Waals surface area contributed by atoms with Crippen LogP contribution in [-0.4, -0.2) is 29.1 Å². The Labute approximate surface area is 128 Å². The Kier molecular flexibility index (Phi) is 4.72. The van der Waals surface area contributed by atoms with Gasteiger partial charge >= 0.3 is 5.97 Å². The number of carbonyl (C=O) groups is 1. The molecular formula is C18H27NO2. The molecule has 2 unspecified atom stereocenters. The summed E-state index contributed by atoms with van der Waals surface area (Å²) in [7, 11) is 0. The molecule has 0 aliphatic carbocycles. The second kappa shape index (κ2) is 6.18. The van der Waals surface area contributed by atoms with Gasteiger partial charge in [0.2, 0.25) is 0 Å². The van der Waals surface area contributed by atoms with Crippen molar-refractivity contribution < 1.29 is 9.90 Å². The number of piperidine rings is 1. The monoisotopic (exact) mass is 289 g/mol. The van der Waals surface area contributed by atoms with Gasteiger partial charge in [-0.1, -0.05) is 25.1 Å². The van der Waals surface area contributed by atoms with Crippen LogP contribution in [0.1, 0.15) is 55.8 Å². The highest BCUT2D eigenvalue weighted by Gasteiger charge is 2.41. The number of likely N-dealkylation sites (tertiary alicyclic amines) is 1. The van der Waals surface area contributed by atoms with Gasteiger partial charge in [0.05, 0.1) is 5.41 Å². The first-order valence-corrected chi connectivity index (χ1v) is 7.94. The summed E-state index contributed by atoms with van der Waals surface area (Å²) in [6, 6.07) is 6.85. The molecule has 1 aliphatic heterocycles. The number of rotatable bonds is 4. The highest BCUT2D eigenvalue weighted by atomic mass is 16.4. The third-order valence-electron chi connectivity index (χ3n) is 5.30. The molecule has 1 aliphatic rings. The molecule has 1 N–H and O–H groups in total. The number of hydrogen-bond acceptors (Lipinski definition) is 2. The van der Waals surface area contributed by atoms with Gasteiger partial charge in [0.15, 0.2) is 0 Å². The minimum Gasteiger partial charge on any atom is -0.481 e. The molecule has 0 amide bonds. The molecule has 0 spiro atoms. The van der Waals surface area contributed by atoms with Crippen LogP contribution in [0.25, 0.3) is 0 Å². The van der Waals surface area contributed by atoms with Crippen molar-refractivity contribution >= 4 is 5.97 Å². The van der Waals surface area contributed by atoms with Crippen LogP contribution < -0.4 is 0 Å². The maximum atomic E-state index is 11.7. The fourth-order valence-corrected chi connectivity index (χ4v) is 3.35. The quantitative estimate of drug-likeness (QED) is 0.912. The van der Waals surface area contributed by atoms with Gasteiger partial charge in [-0.25, -0.2) is 0 Å². The van der Waals surface area contributed by atoms with E-state index in [2.05, 4.69) is 43.9 Å². The van der Waals surface area contributed by atoms with Crippen LogP contribution in [0.4, 0.5) is 0 Å². The molecule has 1 fully saturated rings. The van der Waals surface area contributed by atoms with Crippen LogP contribution in [0, 0.1) is 19.3 Å². The lowest BCUT2D eigenvalue weighted by Gasteiger charge is -2.42. The minimum absolute atomic E-state index is 0.273. The second-order valence-corrected chi connectivity index (χ2v) is 6.53. The molecule has 2 atom stereocenters. The molecule has 0 radical (unpaired) electrons. The van der Waals surface area contributed by atoms with E-state index >= 15 is 0 Å². The average molecular weight is 289 g/mol. The Morgan fingerprint density at radius 2 is 2.10 bits per heavy atom. The van der Waals surface area contributed by atoms with Crippen molar-refractivity contribution in [2.24, 2.45) is 5.41 Å². The maximum Gasteiger partial charge on any atom is 0.310 e. The standard InChI is InChI=1S/C18H27NO2/c1-5-18(17(20)21)9-6-10-19(12-18)15(4)16-8-7-13(2)14(3)11-16/h7-8,11,15H,5-6,9-10,12H2,1-4H3,(H,20,21). The molecule has 0 aromatic heterocycles. The van der Waals surface area contributed by atoms with Crippen molar-refractivity contribution in [2.75, 3.05) is 13.1 Å². The Hall–Kier alpha value is -1.35. The predicted octanol–water partition coefficient (Wildman–Crippen LogP) is 3.94. The summed E-state index contributed by atoms with van der Waals surface area (Å²) < 4.78 is 0. The van der Waals surface area contributed by atoms with E-state index in [0.717, 1.165) is 19.4 Å². The third kappa shape index (κ3) is 3.13. The molecule has 1 aromatic carbocycles. The van der Waals surface area contributed by atoms with E-state index in [1.54, 1.807) is 0 Å². The minimum atomic E-state index is -0.637. The molecule has 3 nitrogen and oxygen atoms in total. The molecule has 1 aromatic rings. The molecule has 2 rings (SSSR count). The van der Waals surface area contributed by atoms with Gasteiger partial charge in [-0.05, 0) is 63.3 Å². The summed E-state index contributed by atoms with van der Waals surface area (Å²) >= 11 is 0. The Morgan fingerprint density at radius 3 is 2.67 bits per heavy atom. The van der Waals surface area contributed by atoms with Crippen molar-refractivity contribution in [3.05, 3.63) is 34.9 Å². The van der Waals surface area contributed by atoms with Gasteiger partial charge in [-0.3, -0.25) is 9.69 Å². The van der Waals surface area contributed by atoms with Gasteiger partial charge in [-0.15, -0.1) is 0 Å². The molecule has 0 saturated carbocycles. The van der Waals surface area contributed by atoms with Crippen molar-refractivity contribution in [3.8, 4) is 0 Å². The molecular weight excluding hydrogens is 262 g/mol. The van der Waals surface area contributed by atoms with E-state index in [1.807, 2.05) is 6.92 Å². The van der Waals surface area contributed by atoms with E-state index in [4.69, 9.17) is 0 Å². The smallest absolute Gasteiger partial charge is 0.310 e. The molecule has 21 heavy (non-hydrogen) atoms. The topological polar surface area (TPSA) is 40.5 Å². The fourth-order valence-electron chi connectivity index (χ4n) is 3.35. The second-order valence-electron chi connectivity index (χ2n) is 6.53. The molecule has 1 saturated heterocycles. The molecule has 0 bridgehead atoms. The van der Waals surface area contributed by atoms with Crippen LogP contribution in [0.5, 0.6) is 0 Å². The number of carboxylic acid groups (broad SMARTS) is 1. The lowest BCUT2D eigenvalue weighted by molar-refractivity contribution is -0.153. The van der Waals surface area contributed by atoms with E-state index in [-0.39, 0.29) is 6.04 Å². The zero-order valence-corrected chi connectivity index (χ0v) is 13.6. The zero-order valence-electron chi connectivity index (χ0n) is 13.6. The van der Waals surface area contributed by atoms with Crippen molar-refractivity contribution in [1.82, 2.24) is 4.90 Å². The van der Waals surface area contributed by atoms with E-state index < -0.39 is 11.4 Å². The van der Waals surface area contributed by atoms with Gasteiger partial charge < -0.3 is 5.11 Å². The normalized spacial score (nSPS) is 24.8. The predicted molar refractivity (Wildman–Crippen MR) is 85.5 cm³/mol. The van der Waals surface area contributed by atoms with Crippen LogP contribution >= 0.6 is 0 Å². The largest absolute Gasteiger partial charge is 0.481 e. The van der Waals surface area contributed by atoms with E-state index in [0.29, 0.717) is 13.0 Å². The molecule has 1 heterocycles. The van der Waals surface area contributed by atoms with Crippen molar-refractivity contribution in [3.63, 3.8) is 0 Å². The summed E-state index contributed by atoms with van der Waals surface area (Å²) in [5, 5.41) is 9.61. The number of hydrogen-bond donors (Lipinski definition) is 1. The van der Waals surface area contributed by atoms with E-state index in [1.165, 1.54) is 16.7 Å². The van der Waals surface area contributed by atoms with E-state index in [9.17, 15) is 9.90 Å². The molecule has 3 heteroatoms. The highest BCUT2D eigenvalue weighted by molar-refractivity contribution is 5.75. The van der Waals surface area contributed by atoms with Crippen molar-refractivity contribution in [1.29, 1.82) is 0 Å². The highest BCUT2D eigenvalue weighted by Crippen LogP contribution is 2.37. The third-order valence-corrected chi connectivity index (χ3v) is 5.30. The summed E-state index contributed by atoms with van der Waals surface area (Å²) in [6.07, 6.45) is 2.47. The van der Waals surface area contributed by atoms with Crippen LogP contribution in [0.15, 0.2) is 18.2 Å². The number of nitrogens with zero attached hydrogens (tertiary/aromatic N) is 1. The Bertz CT molecular complexity index is 526. The number of aryl methyl sites for hydroxylation is 2.